The Morgan fingerprint density at radius 1 is 1.21 bits per heavy atom. The van der Waals surface area contributed by atoms with Crippen LogP contribution in [-0.4, -0.2) is 82.0 Å². The molecule has 0 saturated carbocycles. The molecule has 0 aromatic heterocycles. The standard InChI is InChI=1S/C16H27N5O7/c1-8(22)13(15(26)19-9(16(27)28)4-5-11(18)23)20-14(25)10-3-2-6-21(10)12(24)7-17/h8-10,13,22H,2-7,17H2,1H3,(H2,18,23)(H,19,26)(H,20,25)(H,27,28). The molecular weight excluding hydrogens is 374 g/mol. The van der Waals surface area contributed by atoms with Gasteiger partial charge in [0.2, 0.25) is 23.6 Å². The molecule has 4 amide bonds. The lowest BCUT2D eigenvalue weighted by Crippen LogP contribution is -2.59. The zero-order valence-corrected chi connectivity index (χ0v) is 15.6. The SMILES string of the molecule is CC(O)C(NC(=O)C1CCCN1C(=O)CN)C(=O)NC(CCC(N)=O)C(=O)O. The van der Waals surface area contributed by atoms with Gasteiger partial charge in [-0.3, -0.25) is 19.2 Å². The Hall–Kier alpha value is -2.73. The van der Waals surface area contributed by atoms with Gasteiger partial charge in [-0.15, -0.1) is 0 Å². The number of aliphatic hydroxyl groups excluding tert-OH is 1. The maximum absolute atomic E-state index is 12.5. The molecule has 0 bridgehead atoms. The van der Waals surface area contributed by atoms with E-state index in [-0.39, 0.29) is 19.4 Å². The van der Waals surface area contributed by atoms with Crippen LogP contribution in [-0.2, 0) is 24.0 Å². The van der Waals surface area contributed by atoms with E-state index < -0.39 is 53.8 Å². The first-order chi connectivity index (χ1) is 13.1. The molecule has 28 heavy (non-hydrogen) atoms. The number of likely N-dealkylation sites (tertiary alicyclic amines) is 1. The van der Waals surface area contributed by atoms with Gasteiger partial charge in [0.15, 0.2) is 0 Å². The number of carboxylic acids is 1. The van der Waals surface area contributed by atoms with Crippen LogP contribution < -0.4 is 22.1 Å². The minimum absolute atomic E-state index is 0.238. The van der Waals surface area contributed by atoms with E-state index in [1.165, 1.54) is 11.8 Å². The van der Waals surface area contributed by atoms with Gasteiger partial charge in [-0.25, -0.2) is 4.79 Å². The number of carboxylic acid groups (broad SMARTS) is 1. The Morgan fingerprint density at radius 2 is 1.86 bits per heavy atom. The molecule has 1 rings (SSSR count). The topological polar surface area (TPSA) is 205 Å². The van der Waals surface area contributed by atoms with E-state index >= 15 is 0 Å². The van der Waals surface area contributed by atoms with Crippen LogP contribution in [0.2, 0.25) is 0 Å². The van der Waals surface area contributed by atoms with Gasteiger partial charge in [-0.1, -0.05) is 0 Å². The van der Waals surface area contributed by atoms with Crippen LogP contribution in [0.15, 0.2) is 0 Å². The van der Waals surface area contributed by atoms with Gasteiger partial charge in [0.25, 0.3) is 0 Å². The van der Waals surface area contributed by atoms with Crippen LogP contribution in [0.25, 0.3) is 0 Å². The number of aliphatic carboxylic acids is 1. The highest BCUT2D eigenvalue weighted by Crippen LogP contribution is 2.17. The van der Waals surface area contributed by atoms with Crippen molar-refractivity contribution in [3.8, 4) is 0 Å². The summed E-state index contributed by atoms with van der Waals surface area (Å²) in [6, 6.07) is -3.69. The van der Waals surface area contributed by atoms with Crippen molar-refractivity contribution in [1.29, 1.82) is 0 Å². The summed E-state index contributed by atoms with van der Waals surface area (Å²) in [6.07, 6.45) is -0.875. The highest BCUT2D eigenvalue weighted by Gasteiger charge is 2.37. The number of aliphatic hydroxyl groups is 1. The van der Waals surface area contributed by atoms with Crippen molar-refractivity contribution < 1.29 is 34.2 Å². The summed E-state index contributed by atoms with van der Waals surface area (Å²) in [6.45, 7) is 1.35. The highest BCUT2D eigenvalue weighted by atomic mass is 16.4. The van der Waals surface area contributed by atoms with Crippen LogP contribution >= 0.6 is 0 Å². The molecular formula is C16H27N5O7. The Labute approximate surface area is 161 Å². The fraction of sp³-hybridized carbons (Fsp3) is 0.688. The summed E-state index contributed by atoms with van der Waals surface area (Å²) in [7, 11) is 0. The molecule has 0 aliphatic carbocycles. The lowest BCUT2D eigenvalue weighted by atomic mass is 10.1. The van der Waals surface area contributed by atoms with E-state index in [0.717, 1.165) is 0 Å². The van der Waals surface area contributed by atoms with Crippen LogP contribution in [0.4, 0.5) is 0 Å². The van der Waals surface area contributed by atoms with E-state index in [1.807, 2.05) is 0 Å². The van der Waals surface area contributed by atoms with Crippen molar-refractivity contribution in [2.75, 3.05) is 13.1 Å². The average Bonchev–Trinajstić information content (AvgIpc) is 3.11. The zero-order valence-electron chi connectivity index (χ0n) is 15.6. The molecule has 1 aliphatic heterocycles. The van der Waals surface area contributed by atoms with Crippen molar-refractivity contribution >= 4 is 29.6 Å². The number of nitrogens with two attached hydrogens (primary N) is 2. The van der Waals surface area contributed by atoms with E-state index in [4.69, 9.17) is 16.6 Å². The number of rotatable bonds is 10. The maximum atomic E-state index is 12.5. The first-order valence-electron chi connectivity index (χ1n) is 8.88. The van der Waals surface area contributed by atoms with E-state index in [0.29, 0.717) is 19.4 Å². The van der Waals surface area contributed by atoms with Gasteiger partial charge in [-0.05, 0) is 26.2 Å². The van der Waals surface area contributed by atoms with Crippen molar-refractivity contribution in [2.45, 2.75) is 56.8 Å². The maximum Gasteiger partial charge on any atom is 0.326 e. The monoisotopic (exact) mass is 401 g/mol. The van der Waals surface area contributed by atoms with Gasteiger partial charge in [0.05, 0.1) is 12.6 Å². The number of hydrogen-bond donors (Lipinski definition) is 6. The normalized spacial score (nSPS) is 19.4. The smallest absolute Gasteiger partial charge is 0.326 e. The quantitative estimate of drug-likeness (QED) is 0.217. The third-order valence-corrected chi connectivity index (χ3v) is 4.41. The predicted octanol–water partition coefficient (Wildman–Crippen LogP) is -3.36. The molecule has 1 fully saturated rings. The molecule has 8 N–H and O–H groups in total. The molecule has 0 aromatic rings. The third-order valence-electron chi connectivity index (χ3n) is 4.41. The summed E-state index contributed by atoms with van der Waals surface area (Å²) in [4.78, 5) is 60.1. The van der Waals surface area contributed by atoms with Gasteiger partial charge >= 0.3 is 5.97 Å². The molecule has 12 heteroatoms. The number of carbonyl (C=O) groups is 5. The summed E-state index contributed by atoms with van der Waals surface area (Å²) < 4.78 is 0. The number of hydrogen-bond acceptors (Lipinski definition) is 7. The molecule has 158 valence electrons. The minimum Gasteiger partial charge on any atom is -0.480 e. The van der Waals surface area contributed by atoms with Crippen LogP contribution in [0.1, 0.15) is 32.6 Å². The Kier molecular flexibility index (Phi) is 8.79. The fourth-order valence-electron chi connectivity index (χ4n) is 2.92. The van der Waals surface area contributed by atoms with Crippen LogP contribution in [0.5, 0.6) is 0 Å². The first-order valence-corrected chi connectivity index (χ1v) is 8.88. The summed E-state index contributed by atoms with van der Waals surface area (Å²) in [5, 5.41) is 23.6. The van der Waals surface area contributed by atoms with Crippen molar-refractivity contribution in [1.82, 2.24) is 15.5 Å². The number of amides is 4. The van der Waals surface area contributed by atoms with Crippen LogP contribution in [0, 0.1) is 0 Å². The largest absolute Gasteiger partial charge is 0.480 e. The Morgan fingerprint density at radius 3 is 2.36 bits per heavy atom. The van der Waals surface area contributed by atoms with Gasteiger partial charge < -0.3 is 37.2 Å². The van der Waals surface area contributed by atoms with E-state index in [2.05, 4.69) is 10.6 Å². The number of nitrogens with one attached hydrogen (secondary N) is 2. The molecule has 1 saturated heterocycles. The molecule has 1 aliphatic rings. The average molecular weight is 401 g/mol. The summed E-state index contributed by atoms with van der Waals surface area (Å²) >= 11 is 0. The zero-order chi connectivity index (χ0) is 21.4. The molecule has 0 aromatic carbocycles. The van der Waals surface area contributed by atoms with Gasteiger partial charge in [0, 0.05) is 13.0 Å². The third kappa shape index (κ3) is 6.46. The van der Waals surface area contributed by atoms with Gasteiger partial charge in [0.1, 0.15) is 18.1 Å². The van der Waals surface area contributed by atoms with Crippen LogP contribution in [0.3, 0.4) is 0 Å². The Bertz CT molecular complexity index is 625. The lowest BCUT2D eigenvalue weighted by molar-refractivity contribution is -0.144. The molecule has 4 unspecified atom stereocenters. The molecule has 0 spiro atoms. The fourth-order valence-corrected chi connectivity index (χ4v) is 2.92. The van der Waals surface area contributed by atoms with E-state index in [1.54, 1.807) is 0 Å². The summed E-state index contributed by atoms with van der Waals surface area (Å²) in [5.74, 6) is -4.11. The molecule has 4 atom stereocenters. The second-order valence-corrected chi connectivity index (χ2v) is 6.58. The number of nitrogens with zero attached hydrogens (tertiary/aromatic N) is 1. The number of primary amides is 1. The number of carbonyl (C=O) groups excluding carboxylic acids is 4. The Balaban J connectivity index is 2.81. The van der Waals surface area contributed by atoms with Crippen molar-refractivity contribution in [3.05, 3.63) is 0 Å². The predicted molar refractivity (Wildman–Crippen MR) is 95.4 cm³/mol. The van der Waals surface area contributed by atoms with Crippen molar-refractivity contribution in [3.63, 3.8) is 0 Å². The highest BCUT2D eigenvalue weighted by molar-refractivity contribution is 5.94. The van der Waals surface area contributed by atoms with Crippen molar-refractivity contribution in [2.24, 2.45) is 11.5 Å². The second-order valence-electron chi connectivity index (χ2n) is 6.58. The lowest BCUT2D eigenvalue weighted by Gasteiger charge is -2.27. The molecule has 12 nitrogen and oxygen atoms in total. The summed E-state index contributed by atoms with van der Waals surface area (Å²) in [5.41, 5.74) is 10.3. The second kappa shape index (κ2) is 10.6. The minimum atomic E-state index is -1.45. The molecule has 0 radical (unpaired) electrons. The van der Waals surface area contributed by atoms with Gasteiger partial charge in [-0.2, -0.15) is 0 Å². The molecule has 1 heterocycles. The van der Waals surface area contributed by atoms with E-state index in [9.17, 15) is 29.1 Å². The first kappa shape index (κ1) is 23.3.